The summed E-state index contributed by atoms with van der Waals surface area (Å²) in [5.74, 6) is 1.43. The molecule has 0 saturated carbocycles. The van der Waals surface area contributed by atoms with E-state index in [9.17, 15) is 4.79 Å². The van der Waals surface area contributed by atoms with Gasteiger partial charge in [-0.25, -0.2) is 14.8 Å². The quantitative estimate of drug-likeness (QED) is 0.849. The minimum absolute atomic E-state index is 0.275. The highest BCUT2D eigenvalue weighted by Crippen LogP contribution is 2.17. The Morgan fingerprint density at radius 2 is 2.21 bits per heavy atom. The lowest BCUT2D eigenvalue weighted by molar-refractivity contribution is 0.0592. The Kier molecular flexibility index (Phi) is 3.79. The molecule has 1 N–H and O–H groups in total. The number of rotatable bonds is 4. The molecular weight excluding hydrogens is 246 g/mol. The van der Waals surface area contributed by atoms with E-state index in [1.165, 1.54) is 7.11 Å². The van der Waals surface area contributed by atoms with Crippen LogP contribution in [0.5, 0.6) is 0 Å². The van der Waals surface area contributed by atoms with E-state index < -0.39 is 5.97 Å². The number of aryl methyl sites for hydroxylation is 1. The van der Waals surface area contributed by atoms with Crippen molar-refractivity contribution in [2.24, 2.45) is 0 Å². The van der Waals surface area contributed by atoms with Crippen LogP contribution >= 0.6 is 0 Å². The molecule has 0 amide bonds. The molecule has 100 valence electrons. The molecule has 2 heterocycles. The molecule has 0 aliphatic rings. The molecule has 6 heteroatoms. The summed E-state index contributed by atoms with van der Waals surface area (Å²) >= 11 is 0. The number of carbonyl (C=O) groups is 1. The molecule has 0 fully saturated rings. The second-order valence-corrected chi connectivity index (χ2v) is 4.02. The summed E-state index contributed by atoms with van der Waals surface area (Å²) in [5, 5.41) is 3.12. The molecule has 0 aromatic carbocycles. The normalized spacial score (nSPS) is 10.3. The smallest absolute Gasteiger partial charge is 0.357 e. The Labute approximate surface area is 110 Å². The fourth-order valence-electron chi connectivity index (χ4n) is 1.68. The van der Waals surface area contributed by atoms with Gasteiger partial charge in [0.1, 0.15) is 17.4 Å². The molecule has 0 radical (unpaired) electrons. The largest absolute Gasteiger partial charge is 0.467 e. The van der Waals surface area contributed by atoms with Crippen molar-refractivity contribution in [3.63, 3.8) is 0 Å². The fraction of sp³-hybridized carbons (Fsp3) is 0.308. The second kappa shape index (κ2) is 5.51. The van der Waals surface area contributed by atoms with Gasteiger partial charge in [0.05, 0.1) is 19.9 Å². The van der Waals surface area contributed by atoms with Gasteiger partial charge in [0.15, 0.2) is 5.69 Å². The van der Waals surface area contributed by atoms with E-state index >= 15 is 0 Å². The molecular formula is C13H15N3O3. The van der Waals surface area contributed by atoms with Gasteiger partial charge in [-0.3, -0.25) is 0 Å². The monoisotopic (exact) mass is 261 g/mol. The Hall–Kier alpha value is -2.37. The van der Waals surface area contributed by atoms with Crippen LogP contribution in [0, 0.1) is 13.8 Å². The summed E-state index contributed by atoms with van der Waals surface area (Å²) in [6, 6.07) is 3.67. The number of furan rings is 1. The van der Waals surface area contributed by atoms with Crippen LogP contribution < -0.4 is 5.32 Å². The van der Waals surface area contributed by atoms with Crippen molar-refractivity contribution in [2.45, 2.75) is 20.4 Å². The second-order valence-electron chi connectivity index (χ2n) is 4.02. The van der Waals surface area contributed by atoms with Crippen LogP contribution in [0.15, 0.2) is 22.8 Å². The highest BCUT2D eigenvalue weighted by molar-refractivity contribution is 5.90. The van der Waals surface area contributed by atoms with Gasteiger partial charge in [-0.15, -0.1) is 0 Å². The minimum Gasteiger partial charge on any atom is -0.467 e. The molecule has 0 aliphatic carbocycles. The lowest BCUT2D eigenvalue weighted by Crippen LogP contribution is -2.13. The maximum absolute atomic E-state index is 11.6. The number of hydrogen-bond acceptors (Lipinski definition) is 6. The lowest BCUT2D eigenvalue weighted by atomic mass is 10.2. The first-order valence-electron chi connectivity index (χ1n) is 5.81. The number of ether oxygens (including phenoxy) is 1. The molecule has 0 spiro atoms. The Morgan fingerprint density at radius 1 is 1.42 bits per heavy atom. The molecule has 0 aliphatic heterocycles. The van der Waals surface area contributed by atoms with E-state index in [0.717, 1.165) is 5.76 Å². The number of carbonyl (C=O) groups excluding carboxylic acids is 1. The molecule has 19 heavy (non-hydrogen) atoms. The molecule has 0 saturated heterocycles. The highest BCUT2D eigenvalue weighted by Gasteiger charge is 2.16. The van der Waals surface area contributed by atoms with Crippen molar-refractivity contribution >= 4 is 11.8 Å². The third kappa shape index (κ3) is 2.90. The summed E-state index contributed by atoms with van der Waals surface area (Å²) in [4.78, 5) is 20.0. The van der Waals surface area contributed by atoms with Crippen LogP contribution in [0.2, 0.25) is 0 Å². The van der Waals surface area contributed by atoms with Crippen LogP contribution in [0.3, 0.4) is 0 Å². The van der Waals surface area contributed by atoms with E-state index in [0.29, 0.717) is 23.8 Å². The van der Waals surface area contributed by atoms with Crippen LogP contribution in [0.4, 0.5) is 5.82 Å². The summed E-state index contributed by atoms with van der Waals surface area (Å²) in [6.45, 7) is 3.99. The first-order valence-corrected chi connectivity index (χ1v) is 5.81. The summed E-state index contributed by atoms with van der Waals surface area (Å²) in [7, 11) is 1.33. The van der Waals surface area contributed by atoms with Crippen molar-refractivity contribution in [1.29, 1.82) is 0 Å². The van der Waals surface area contributed by atoms with Crippen molar-refractivity contribution in [3.05, 3.63) is 41.2 Å². The predicted octanol–water partition coefficient (Wildman–Crippen LogP) is 2.09. The molecule has 2 aromatic rings. The van der Waals surface area contributed by atoms with Crippen LogP contribution in [0.25, 0.3) is 0 Å². The van der Waals surface area contributed by atoms with Gasteiger partial charge in [-0.05, 0) is 26.0 Å². The predicted molar refractivity (Wildman–Crippen MR) is 68.9 cm³/mol. The van der Waals surface area contributed by atoms with Crippen molar-refractivity contribution < 1.29 is 13.9 Å². The standard InChI is InChI=1S/C13H15N3O3/c1-8-11(13(17)18-3)15-9(2)16-12(8)14-7-10-5-4-6-19-10/h4-6H,7H2,1-3H3,(H,14,15,16). The fourth-order valence-corrected chi connectivity index (χ4v) is 1.68. The number of nitrogens with zero attached hydrogens (tertiary/aromatic N) is 2. The number of aromatic nitrogens is 2. The summed E-state index contributed by atoms with van der Waals surface area (Å²) in [5.41, 5.74) is 0.931. The maximum Gasteiger partial charge on any atom is 0.357 e. The molecule has 2 aromatic heterocycles. The SMILES string of the molecule is COC(=O)c1nc(C)nc(NCc2ccco2)c1C. The molecule has 2 rings (SSSR count). The van der Waals surface area contributed by atoms with Gasteiger partial charge in [0.2, 0.25) is 0 Å². The zero-order valence-corrected chi connectivity index (χ0v) is 11.1. The number of methoxy groups -OCH3 is 1. The Balaban J connectivity index is 2.24. The van der Waals surface area contributed by atoms with E-state index in [2.05, 4.69) is 15.3 Å². The molecule has 6 nitrogen and oxygen atoms in total. The minimum atomic E-state index is -0.468. The molecule has 0 bridgehead atoms. The summed E-state index contributed by atoms with van der Waals surface area (Å²) < 4.78 is 9.93. The van der Waals surface area contributed by atoms with E-state index in [1.807, 2.05) is 12.1 Å². The molecule has 0 atom stereocenters. The first-order chi connectivity index (χ1) is 9.11. The Morgan fingerprint density at radius 3 is 2.84 bits per heavy atom. The zero-order valence-electron chi connectivity index (χ0n) is 11.1. The van der Waals surface area contributed by atoms with Gasteiger partial charge in [0, 0.05) is 5.56 Å². The van der Waals surface area contributed by atoms with Crippen molar-refractivity contribution in [3.8, 4) is 0 Å². The lowest BCUT2D eigenvalue weighted by Gasteiger charge is -2.11. The first kappa shape index (κ1) is 13.1. The van der Waals surface area contributed by atoms with E-state index in [4.69, 9.17) is 9.15 Å². The van der Waals surface area contributed by atoms with Gasteiger partial charge >= 0.3 is 5.97 Å². The number of anilines is 1. The van der Waals surface area contributed by atoms with Crippen LogP contribution in [-0.2, 0) is 11.3 Å². The van der Waals surface area contributed by atoms with Gasteiger partial charge < -0.3 is 14.5 Å². The Bertz CT molecular complexity index is 579. The van der Waals surface area contributed by atoms with Crippen molar-refractivity contribution in [2.75, 3.05) is 12.4 Å². The van der Waals surface area contributed by atoms with Gasteiger partial charge in [-0.1, -0.05) is 0 Å². The third-order valence-electron chi connectivity index (χ3n) is 2.65. The zero-order chi connectivity index (χ0) is 13.8. The average molecular weight is 261 g/mol. The van der Waals surface area contributed by atoms with Crippen LogP contribution in [-0.4, -0.2) is 23.0 Å². The van der Waals surface area contributed by atoms with Gasteiger partial charge in [0.25, 0.3) is 0 Å². The van der Waals surface area contributed by atoms with Gasteiger partial charge in [-0.2, -0.15) is 0 Å². The average Bonchev–Trinajstić information content (AvgIpc) is 2.91. The maximum atomic E-state index is 11.6. The van der Waals surface area contributed by atoms with E-state index in [1.54, 1.807) is 20.1 Å². The third-order valence-corrected chi connectivity index (χ3v) is 2.65. The van der Waals surface area contributed by atoms with Crippen molar-refractivity contribution in [1.82, 2.24) is 9.97 Å². The molecule has 0 unspecified atom stereocenters. The number of hydrogen-bond donors (Lipinski definition) is 1. The summed E-state index contributed by atoms with van der Waals surface area (Å²) in [6.07, 6.45) is 1.61. The van der Waals surface area contributed by atoms with Crippen LogP contribution in [0.1, 0.15) is 27.6 Å². The highest BCUT2D eigenvalue weighted by atomic mass is 16.5. The topological polar surface area (TPSA) is 77.2 Å². The number of nitrogens with one attached hydrogen (secondary N) is 1. The number of esters is 1. The van der Waals surface area contributed by atoms with E-state index in [-0.39, 0.29) is 5.69 Å².